The van der Waals surface area contributed by atoms with Gasteiger partial charge < -0.3 is 5.32 Å². The van der Waals surface area contributed by atoms with Crippen LogP contribution >= 0.6 is 22.7 Å². The predicted molar refractivity (Wildman–Crippen MR) is 99.8 cm³/mol. The number of carbonyl (C=O) groups is 1. The molecule has 4 aromatic rings. The first-order valence-electron chi connectivity index (χ1n) is 7.57. The monoisotopic (exact) mass is 385 g/mol. The molecule has 1 N–H and O–H groups in total. The minimum atomic E-state index is -0.572. The topological polar surface area (TPSA) is 72.7 Å². The van der Waals surface area contributed by atoms with Crippen LogP contribution in [0.3, 0.4) is 0 Å². The minimum Gasteiger partial charge on any atom is -0.319 e. The van der Waals surface area contributed by atoms with Crippen LogP contribution in [0.1, 0.15) is 9.67 Å². The molecule has 1 amide bonds. The first kappa shape index (κ1) is 16.6. The number of halogens is 1. The molecule has 0 bridgehead atoms. The number of pyridine rings is 1. The Labute approximate surface area is 156 Å². The Morgan fingerprint density at radius 1 is 1.27 bits per heavy atom. The predicted octanol–water partition coefficient (Wildman–Crippen LogP) is 4.06. The zero-order valence-corrected chi connectivity index (χ0v) is 15.1. The molecule has 0 aliphatic rings. The van der Waals surface area contributed by atoms with Crippen molar-refractivity contribution in [2.75, 3.05) is 5.32 Å². The SMILES string of the molecule is Cn1nc(-c2nccs2)cc1-c1ccc(C(=O)Nc2ccncc2F)s1. The second-order valence-electron chi connectivity index (χ2n) is 5.35. The Hall–Kier alpha value is -2.91. The maximum absolute atomic E-state index is 13.6. The minimum absolute atomic E-state index is 0.103. The Bertz CT molecular complexity index is 1070. The smallest absolute Gasteiger partial charge is 0.265 e. The Morgan fingerprint density at radius 3 is 2.92 bits per heavy atom. The van der Waals surface area contributed by atoms with Gasteiger partial charge in [-0.1, -0.05) is 0 Å². The highest BCUT2D eigenvalue weighted by atomic mass is 32.1. The summed E-state index contributed by atoms with van der Waals surface area (Å²) in [7, 11) is 1.85. The third kappa shape index (κ3) is 3.14. The van der Waals surface area contributed by atoms with Gasteiger partial charge in [0.25, 0.3) is 5.91 Å². The fraction of sp³-hybridized carbons (Fsp3) is 0.0588. The number of nitrogens with zero attached hydrogens (tertiary/aromatic N) is 4. The average molecular weight is 385 g/mol. The van der Waals surface area contributed by atoms with Gasteiger partial charge in [-0.05, 0) is 24.3 Å². The van der Waals surface area contributed by atoms with Crippen molar-refractivity contribution in [1.82, 2.24) is 19.7 Å². The number of nitrogens with one attached hydrogen (secondary N) is 1. The van der Waals surface area contributed by atoms with Crippen molar-refractivity contribution >= 4 is 34.3 Å². The average Bonchev–Trinajstić information content (AvgIpc) is 3.36. The molecule has 130 valence electrons. The number of aromatic nitrogens is 4. The number of hydrogen-bond donors (Lipinski definition) is 1. The summed E-state index contributed by atoms with van der Waals surface area (Å²) < 4.78 is 15.4. The van der Waals surface area contributed by atoms with Crippen molar-refractivity contribution in [2.45, 2.75) is 0 Å². The zero-order chi connectivity index (χ0) is 18.1. The number of thiophene rings is 1. The van der Waals surface area contributed by atoms with Gasteiger partial charge in [-0.2, -0.15) is 5.10 Å². The van der Waals surface area contributed by atoms with E-state index in [1.807, 2.05) is 24.6 Å². The first-order valence-corrected chi connectivity index (χ1v) is 9.26. The van der Waals surface area contributed by atoms with Crippen molar-refractivity contribution in [2.24, 2.45) is 7.05 Å². The van der Waals surface area contributed by atoms with E-state index in [1.165, 1.54) is 34.9 Å². The van der Waals surface area contributed by atoms with E-state index < -0.39 is 5.82 Å². The summed E-state index contributed by atoms with van der Waals surface area (Å²) in [5, 5.41) is 9.78. The molecule has 4 rings (SSSR count). The maximum atomic E-state index is 13.6. The van der Waals surface area contributed by atoms with Crippen LogP contribution in [-0.4, -0.2) is 25.7 Å². The van der Waals surface area contributed by atoms with Crippen LogP contribution in [0.25, 0.3) is 21.3 Å². The van der Waals surface area contributed by atoms with Gasteiger partial charge in [-0.3, -0.25) is 14.5 Å². The van der Waals surface area contributed by atoms with E-state index >= 15 is 0 Å². The van der Waals surface area contributed by atoms with Crippen LogP contribution in [0, 0.1) is 5.82 Å². The lowest BCUT2D eigenvalue weighted by Gasteiger charge is -2.03. The molecular weight excluding hydrogens is 373 g/mol. The van der Waals surface area contributed by atoms with Gasteiger partial charge in [0.1, 0.15) is 10.7 Å². The quantitative estimate of drug-likeness (QED) is 0.575. The highest BCUT2D eigenvalue weighted by molar-refractivity contribution is 7.17. The van der Waals surface area contributed by atoms with E-state index in [-0.39, 0.29) is 11.6 Å². The van der Waals surface area contributed by atoms with Crippen LogP contribution < -0.4 is 5.32 Å². The van der Waals surface area contributed by atoms with Crippen molar-refractivity contribution in [3.05, 3.63) is 58.9 Å². The molecule has 0 aromatic carbocycles. The lowest BCUT2D eigenvalue weighted by atomic mass is 10.3. The molecule has 4 aromatic heterocycles. The Morgan fingerprint density at radius 2 is 2.15 bits per heavy atom. The molecule has 0 unspecified atom stereocenters. The van der Waals surface area contributed by atoms with E-state index in [0.29, 0.717) is 4.88 Å². The Kier molecular flexibility index (Phi) is 4.31. The highest BCUT2D eigenvalue weighted by Crippen LogP contribution is 2.32. The van der Waals surface area contributed by atoms with Crippen molar-refractivity contribution < 1.29 is 9.18 Å². The van der Waals surface area contributed by atoms with E-state index in [4.69, 9.17) is 0 Å². The molecule has 0 spiro atoms. The lowest BCUT2D eigenvalue weighted by Crippen LogP contribution is -2.11. The number of amides is 1. The van der Waals surface area contributed by atoms with Crippen LogP contribution in [0.4, 0.5) is 10.1 Å². The third-order valence-electron chi connectivity index (χ3n) is 3.63. The zero-order valence-electron chi connectivity index (χ0n) is 13.5. The number of thiazole rings is 1. The fourth-order valence-electron chi connectivity index (χ4n) is 2.41. The van der Waals surface area contributed by atoms with Crippen molar-refractivity contribution in [1.29, 1.82) is 0 Å². The largest absolute Gasteiger partial charge is 0.319 e. The van der Waals surface area contributed by atoms with Crippen LogP contribution in [-0.2, 0) is 7.05 Å². The molecule has 0 atom stereocenters. The third-order valence-corrected chi connectivity index (χ3v) is 5.54. The van der Waals surface area contributed by atoms with E-state index in [1.54, 1.807) is 16.9 Å². The summed E-state index contributed by atoms with van der Waals surface area (Å²) in [6.07, 6.45) is 4.22. The molecule has 0 aliphatic heterocycles. The van der Waals surface area contributed by atoms with Crippen LogP contribution in [0.5, 0.6) is 0 Å². The van der Waals surface area contributed by atoms with Crippen LogP contribution in [0.15, 0.2) is 48.2 Å². The van der Waals surface area contributed by atoms with Crippen LogP contribution in [0.2, 0.25) is 0 Å². The number of hydrogen-bond acceptors (Lipinski definition) is 6. The number of anilines is 1. The number of carbonyl (C=O) groups excluding carboxylic acids is 1. The summed E-state index contributed by atoms with van der Waals surface area (Å²) in [4.78, 5) is 21.7. The van der Waals surface area contributed by atoms with Gasteiger partial charge in [0, 0.05) is 24.8 Å². The van der Waals surface area contributed by atoms with E-state index in [9.17, 15) is 9.18 Å². The van der Waals surface area contributed by atoms with Gasteiger partial charge in [-0.25, -0.2) is 9.37 Å². The van der Waals surface area contributed by atoms with Gasteiger partial charge in [0.15, 0.2) is 5.82 Å². The maximum Gasteiger partial charge on any atom is 0.265 e. The summed E-state index contributed by atoms with van der Waals surface area (Å²) in [5.74, 6) is -0.939. The molecule has 0 saturated heterocycles. The molecule has 6 nitrogen and oxygen atoms in total. The van der Waals surface area contributed by atoms with Gasteiger partial charge in [0.2, 0.25) is 0 Å². The summed E-state index contributed by atoms with van der Waals surface area (Å²) in [5.41, 5.74) is 1.77. The molecule has 0 saturated carbocycles. The second kappa shape index (κ2) is 6.77. The highest BCUT2D eigenvalue weighted by Gasteiger charge is 2.16. The van der Waals surface area contributed by atoms with Crippen molar-refractivity contribution in [3.8, 4) is 21.3 Å². The summed E-state index contributed by atoms with van der Waals surface area (Å²) >= 11 is 2.83. The first-order chi connectivity index (χ1) is 12.6. The van der Waals surface area contributed by atoms with E-state index in [2.05, 4.69) is 20.4 Å². The number of rotatable bonds is 4. The normalized spacial score (nSPS) is 10.8. The molecule has 9 heteroatoms. The van der Waals surface area contributed by atoms with Crippen molar-refractivity contribution in [3.63, 3.8) is 0 Å². The van der Waals surface area contributed by atoms with E-state index in [0.717, 1.165) is 27.5 Å². The molecule has 0 aliphatic carbocycles. The standard InChI is InChI=1S/C17H12FN5OS2/c1-23-13(8-12(22-23)17-20-6-7-25-17)14-2-3-15(26-14)16(24)21-11-4-5-19-9-10(11)18/h2-9H,1H3,(H,19,21,24). The van der Waals surface area contributed by atoms with Gasteiger partial charge in [-0.15, -0.1) is 22.7 Å². The molecule has 0 radical (unpaired) electrons. The molecule has 0 fully saturated rings. The summed E-state index contributed by atoms with van der Waals surface area (Å²) in [6.45, 7) is 0. The van der Waals surface area contributed by atoms with Gasteiger partial charge in [0.05, 0.1) is 27.3 Å². The van der Waals surface area contributed by atoms with Gasteiger partial charge >= 0.3 is 0 Å². The lowest BCUT2D eigenvalue weighted by molar-refractivity contribution is 0.103. The number of aryl methyl sites for hydroxylation is 1. The second-order valence-corrected chi connectivity index (χ2v) is 7.33. The molecule has 4 heterocycles. The molecular formula is C17H12FN5OS2. The Balaban J connectivity index is 1.58. The molecule has 26 heavy (non-hydrogen) atoms. The fourth-order valence-corrected chi connectivity index (χ4v) is 3.95. The summed E-state index contributed by atoms with van der Waals surface area (Å²) in [6, 6.07) is 6.92.